The van der Waals surface area contributed by atoms with Gasteiger partial charge in [-0.3, -0.25) is 0 Å². The highest BCUT2D eigenvalue weighted by Crippen LogP contribution is 2.28. The summed E-state index contributed by atoms with van der Waals surface area (Å²) in [5, 5.41) is 3.64. The van der Waals surface area contributed by atoms with Crippen molar-refractivity contribution in [2.75, 3.05) is 31.1 Å². The Kier molecular flexibility index (Phi) is 4.98. The Balaban J connectivity index is 1.68. The molecule has 0 bridgehead atoms. The molecule has 1 aliphatic carbocycles. The van der Waals surface area contributed by atoms with Crippen LogP contribution in [-0.2, 0) is 0 Å². The highest BCUT2D eigenvalue weighted by Gasteiger charge is 2.29. The SMILES string of the molecule is CC(C)CN(CCC1CSCCN1)C1CC1. The maximum Gasteiger partial charge on any atom is 0.0170 e. The third-order valence-corrected chi connectivity index (χ3v) is 4.56. The van der Waals surface area contributed by atoms with Gasteiger partial charge in [-0.15, -0.1) is 0 Å². The van der Waals surface area contributed by atoms with Crippen molar-refractivity contribution < 1.29 is 0 Å². The first-order chi connectivity index (χ1) is 7.75. The first-order valence-corrected chi connectivity index (χ1v) is 7.96. The molecule has 1 N–H and O–H groups in total. The molecule has 0 radical (unpaired) electrons. The van der Waals surface area contributed by atoms with Crippen molar-refractivity contribution in [3.8, 4) is 0 Å². The molecule has 0 aromatic carbocycles. The molecule has 1 saturated heterocycles. The van der Waals surface area contributed by atoms with E-state index in [4.69, 9.17) is 0 Å². The summed E-state index contributed by atoms with van der Waals surface area (Å²) in [7, 11) is 0. The van der Waals surface area contributed by atoms with E-state index in [1.165, 1.54) is 50.4 Å². The van der Waals surface area contributed by atoms with Gasteiger partial charge in [0.25, 0.3) is 0 Å². The third kappa shape index (κ3) is 4.27. The molecule has 16 heavy (non-hydrogen) atoms. The first-order valence-electron chi connectivity index (χ1n) is 6.81. The number of nitrogens with zero attached hydrogens (tertiary/aromatic N) is 1. The van der Waals surface area contributed by atoms with Crippen LogP contribution in [-0.4, -0.2) is 48.1 Å². The highest BCUT2D eigenvalue weighted by atomic mass is 32.2. The minimum absolute atomic E-state index is 0.771. The van der Waals surface area contributed by atoms with Gasteiger partial charge in [0.2, 0.25) is 0 Å². The lowest BCUT2D eigenvalue weighted by molar-refractivity contribution is 0.223. The number of hydrogen-bond donors (Lipinski definition) is 1. The maximum absolute atomic E-state index is 3.64. The molecule has 1 aliphatic heterocycles. The molecular formula is C13H26N2S. The zero-order chi connectivity index (χ0) is 11.4. The van der Waals surface area contributed by atoms with Crippen molar-refractivity contribution in [2.24, 2.45) is 5.92 Å². The van der Waals surface area contributed by atoms with E-state index in [-0.39, 0.29) is 0 Å². The molecule has 2 aliphatic rings. The fraction of sp³-hybridized carbons (Fsp3) is 1.00. The predicted molar refractivity (Wildman–Crippen MR) is 73.2 cm³/mol. The fourth-order valence-corrected chi connectivity index (χ4v) is 3.46. The Morgan fingerprint density at radius 1 is 1.38 bits per heavy atom. The second-order valence-electron chi connectivity index (χ2n) is 5.63. The van der Waals surface area contributed by atoms with Gasteiger partial charge in [-0.2, -0.15) is 11.8 Å². The molecule has 1 saturated carbocycles. The van der Waals surface area contributed by atoms with Crippen LogP contribution in [0.1, 0.15) is 33.1 Å². The molecule has 94 valence electrons. The monoisotopic (exact) mass is 242 g/mol. The Bertz CT molecular complexity index is 198. The normalized spacial score (nSPS) is 26.6. The van der Waals surface area contributed by atoms with E-state index >= 15 is 0 Å². The number of thioether (sulfide) groups is 1. The van der Waals surface area contributed by atoms with Crippen molar-refractivity contribution in [3.63, 3.8) is 0 Å². The van der Waals surface area contributed by atoms with E-state index in [1.54, 1.807) is 0 Å². The zero-order valence-electron chi connectivity index (χ0n) is 10.7. The van der Waals surface area contributed by atoms with Gasteiger partial charge in [0.15, 0.2) is 0 Å². The Hall–Kier alpha value is 0.270. The molecule has 2 fully saturated rings. The van der Waals surface area contributed by atoms with Crippen molar-refractivity contribution in [1.82, 2.24) is 10.2 Å². The van der Waals surface area contributed by atoms with E-state index in [0.717, 1.165) is 18.0 Å². The first kappa shape index (κ1) is 12.7. The third-order valence-electron chi connectivity index (χ3n) is 3.43. The number of nitrogens with one attached hydrogen (secondary N) is 1. The number of rotatable bonds is 6. The van der Waals surface area contributed by atoms with Gasteiger partial charge in [0.1, 0.15) is 0 Å². The minimum Gasteiger partial charge on any atom is -0.312 e. The second-order valence-corrected chi connectivity index (χ2v) is 6.78. The molecule has 2 rings (SSSR count). The van der Waals surface area contributed by atoms with Crippen molar-refractivity contribution in [3.05, 3.63) is 0 Å². The van der Waals surface area contributed by atoms with Crippen LogP contribution >= 0.6 is 11.8 Å². The summed E-state index contributed by atoms with van der Waals surface area (Å²) in [6, 6.07) is 1.70. The van der Waals surface area contributed by atoms with E-state index in [0.29, 0.717) is 0 Å². The number of hydrogen-bond acceptors (Lipinski definition) is 3. The molecule has 1 unspecified atom stereocenters. The van der Waals surface area contributed by atoms with E-state index in [2.05, 4.69) is 35.8 Å². The highest BCUT2D eigenvalue weighted by molar-refractivity contribution is 7.99. The smallest absolute Gasteiger partial charge is 0.0170 e. The van der Waals surface area contributed by atoms with Crippen LogP contribution in [0.5, 0.6) is 0 Å². The Morgan fingerprint density at radius 3 is 2.75 bits per heavy atom. The summed E-state index contributed by atoms with van der Waals surface area (Å²) in [5.41, 5.74) is 0. The Labute approximate surface area is 105 Å². The van der Waals surface area contributed by atoms with Gasteiger partial charge in [0.05, 0.1) is 0 Å². The second kappa shape index (κ2) is 6.27. The van der Waals surface area contributed by atoms with E-state index < -0.39 is 0 Å². The van der Waals surface area contributed by atoms with E-state index in [9.17, 15) is 0 Å². The van der Waals surface area contributed by atoms with Crippen LogP contribution in [0.15, 0.2) is 0 Å². The molecular weight excluding hydrogens is 216 g/mol. The van der Waals surface area contributed by atoms with Crippen LogP contribution in [0.3, 0.4) is 0 Å². The standard InChI is InChI=1S/C13H26N2S/c1-11(2)9-15(13-3-4-13)7-5-12-10-16-8-6-14-12/h11-14H,3-10H2,1-2H3. The molecule has 2 nitrogen and oxygen atoms in total. The molecule has 0 amide bonds. The van der Waals surface area contributed by atoms with Crippen LogP contribution in [0.4, 0.5) is 0 Å². The molecule has 3 heteroatoms. The van der Waals surface area contributed by atoms with Gasteiger partial charge in [0, 0.05) is 36.7 Å². The van der Waals surface area contributed by atoms with Gasteiger partial charge in [-0.1, -0.05) is 13.8 Å². The predicted octanol–water partition coefficient (Wildman–Crippen LogP) is 2.20. The van der Waals surface area contributed by atoms with Crippen molar-refractivity contribution >= 4 is 11.8 Å². The van der Waals surface area contributed by atoms with Crippen LogP contribution < -0.4 is 5.32 Å². The molecule has 1 heterocycles. The minimum atomic E-state index is 0.771. The summed E-state index contributed by atoms with van der Waals surface area (Å²) in [6.45, 7) is 8.49. The summed E-state index contributed by atoms with van der Waals surface area (Å²) < 4.78 is 0. The fourth-order valence-electron chi connectivity index (χ4n) is 2.46. The lowest BCUT2D eigenvalue weighted by Crippen LogP contribution is -2.41. The maximum atomic E-state index is 3.64. The van der Waals surface area contributed by atoms with Gasteiger partial charge >= 0.3 is 0 Å². The zero-order valence-corrected chi connectivity index (χ0v) is 11.6. The largest absolute Gasteiger partial charge is 0.312 e. The van der Waals surface area contributed by atoms with Gasteiger partial charge in [-0.05, 0) is 31.7 Å². The quantitative estimate of drug-likeness (QED) is 0.769. The summed E-state index contributed by atoms with van der Waals surface area (Å²) in [6.07, 6.45) is 4.23. The summed E-state index contributed by atoms with van der Waals surface area (Å²) in [5.74, 6) is 3.43. The average molecular weight is 242 g/mol. The summed E-state index contributed by atoms with van der Waals surface area (Å²) in [4.78, 5) is 2.73. The molecule has 1 atom stereocenters. The summed E-state index contributed by atoms with van der Waals surface area (Å²) >= 11 is 2.11. The molecule has 0 aromatic heterocycles. The van der Waals surface area contributed by atoms with E-state index in [1.807, 2.05) is 0 Å². The van der Waals surface area contributed by atoms with Crippen LogP contribution in [0.25, 0.3) is 0 Å². The molecule has 0 aromatic rings. The lowest BCUT2D eigenvalue weighted by atomic mass is 10.1. The van der Waals surface area contributed by atoms with Crippen molar-refractivity contribution in [1.29, 1.82) is 0 Å². The Morgan fingerprint density at radius 2 is 2.19 bits per heavy atom. The lowest BCUT2D eigenvalue weighted by Gasteiger charge is -2.28. The van der Waals surface area contributed by atoms with Crippen LogP contribution in [0, 0.1) is 5.92 Å². The van der Waals surface area contributed by atoms with Crippen LogP contribution in [0.2, 0.25) is 0 Å². The van der Waals surface area contributed by atoms with Gasteiger partial charge in [-0.25, -0.2) is 0 Å². The van der Waals surface area contributed by atoms with Crippen molar-refractivity contribution in [2.45, 2.75) is 45.2 Å². The van der Waals surface area contributed by atoms with Gasteiger partial charge < -0.3 is 10.2 Å². The molecule has 0 spiro atoms. The topological polar surface area (TPSA) is 15.3 Å². The average Bonchev–Trinajstić information content (AvgIpc) is 3.09.